The zero-order valence-corrected chi connectivity index (χ0v) is 18.7. The number of alkyl halides is 3. The highest BCUT2D eigenvalue weighted by atomic mass is 19.4. The molecule has 0 spiro atoms. The summed E-state index contributed by atoms with van der Waals surface area (Å²) in [4.78, 5) is 2.35. The summed E-state index contributed by atoms with van der Waals surface area (Å²) in [5, 5.41) is 0.851. The fourth-order valence-electron chi connectivity index (χ4n) is 4.45. The normalized spacial score (nSPS) is 14.9. The van der Waals surface area contributed by atoms with Crippen LogP contribution in [0.5, 0.6) is 5.75 Å². The van der Waals surface area contributed by atoms with Crippen molar-refractivity contribution in [3.63, 3.8) is 0 Å². The molecule has 0 saturated heterocycles. The maximum Gasteiger partial charge on any atom is 0.416 e. The lowest BCUT2D eigenvalue weighted by molar-refractivity contribution is -0.137. The summed E-state index contributed by atoms with van der Waals surface area (Å²) in [7, 11) is 1.56. The molecule has 3 nitrogen and oxygen atoms in total. The van der Waals surface area contributed by atoms with Crippen molar-refractivity contribution in [2.45, 2.75) is 19.1 Å². The number of halogens is 3. The van der Waals surface area contributed by atoms with Crippen molar-refractivity contribution in [3.8, 4) is 17.1 Å². The Balaban J connectivity index is 1.44. The fourth-order valence-corrected chi connectivity index (χ4v) is 4.45. The molecular weight excluding hydrogens is 439 g/mol. The van der Waals surface area contributed by atoms with E-state index in [-0.39, 0.29) is 0 Å². The summed E-state index contributed by atoms with van der Waals surface area (Å²) in [5.41, 5.74) is 3.89. The lowest BCUT2D eigenvalue weighted by atomic mass is 9.99. The van der Waals surface area contributed by atoms with Crippen molar-refractivity contribution in [2.75, 3.05) is 20.2 Å². The van der Waals surface area contributed by atoms with Gasteiger partial charge in [0.1, 0.15) is 5.76 Å². The van der Waals surface area contributed by atoms with Gasteiger partial charge in [0.2, 0.25) is 0 Å². The Bertz CT molecular complexity index is 1340. The second-order valence-corrected chi connectivity index (χ2v) is 8.44. The lowest BCUT2D eigenvalue weighted by Crippen LogP contribution is -2.28. The van der Waals surface area contributed by atoms with Crippen LogP contribution in [0.25, 0.3) is 27.9 Å². The zero-order valence-electron chi connectivity index (χ0n) is 18.7. The molecule has 3 aromatic carbocycles. The Morgan fingerprint density at radius 2 is 1.74 bits per heavy atom. The quantitative estimate of drug-likeness (QED) is 0.308. The summed E-state index contributed by atoms with van der Waals surface area (Å²) in [6, 6.07) is 21.3. The van der Waals surface area contributed by atoms with Crippen molar-refractivity contribution in [2.24, 2.45) is 0 Å². The number of methoxy groups -OCH3 is 1. The van der Waals surface area contributed by atoms with Crippen LogP contribution in [-0.4, -0.2) is 25.1 Å². The third kappa shape index (κ3) is 4.46. The van der Waals surface area contributed by atoms with Gasteiger partial charge in [0, 0.05) is 30.6 Å². The molecule has 5 rings (SSSR count). The summed E-state index contributed by atoms with van der Waals surface area (Å²) in [6.45, 7) is 2.46. The van der Waals surface area contributed by atoms with Gasteiger partial charge in [-0.2, -0.15) is 13.2 Å². The Labute approximate surface area is 196 Å². The van der Waals surface area contributed by atoms with Gasteiger partial charge in [-0.25, -0.2) is 0 Å². The molecule has 174 valence electrons. The number of fused-ring (bicyclic) bond motifs is 1. The van der Waals surface area contributed by atoms with Crippen LogP contribution in [0.4, 0.5) is 13.2 Å². The molecule has 1 aliphatic rings. The minimum atomic E-state index is -4.41. The smallest absolute Gasteiger partial charge is 0.416 e. The van der Waals surface area contributed by atoms with Crippen molar-refractivity contribution >= 4 is 16.5 Å². The SMILES string of the molecule is COc1ccc(CN2CC=C(c3ccccc3)CC2)c2cc(-c3cccc(C(F)(F)F)c3)oc12. The molecule has 34 heavy (non-hydrogen) atoms. The summed E-state index contributed by atoms with van der Waals surface area (Å²) in [5.74, 6) is 0.943. The largest absolute Gasteiger partial charge is 0.493 e. The molecule has 0 N–H and O–H groups in total. The summed E-state index contributed by atoms with van der Waals surface area (Å²) < 4.78 is 51.1. The maximum absolute atomic E-state index is 13.2. The monoisotopic (exact) mass is 463 g/mol. The van der Waals surface area contributed by atoms with Crippen LogP contribution >= 0.6 is 0 Å². The average Bonchev–Trinajstić information content (AvgIpc) is 3.31. The van der Waals surface area contributed by atoms with E-state index in [0.717, 1.165) is 42.6 Å². The van der Waals surface area contributed by atoms with E-state index in [1.165, 1.54) is 17.2 Å². The number of benzene rings is 3. The minimum absolute atomic E-state index is 0.382. The Kier molecular flexibility index (Phi) is 5.92. The molecule has 2 heterocycles. The highest BCUT2D eigenvalue weighted by Crippen LogP contribution is 2.38. The van der Waals surface area contributed by atoms with Crippen LogP contribution in [0.1, 0.15) is 23.1 Å². The van der Waals surface area contributed by atoms with Crippen molar-refractivity contribution in [1.82, 2.24) is 4.90 Å². The van der Waals surface area contributed by atoms with E-state index in [1.54, 1.807) is 13.2 Å². The first-order valence-corrected chi connectivity index (χ1v) is 11.2. The van der Waals surface area contributed by atoms with Gasteiger partial charge in [-0.3, -0.25) is 4.90 Å². The molecule has 0 bridgehead atoms. The van der Waals surface area contributed by atoms with Crippen molar-refractivity contribution in [3.05, 3.63) is 95.6 Å². The number of rotatable bonds is 5. The van der Waals surface area contributed by atoms with Gasteiger partial charge in [-0.1, -0.05) is 54.6 Å². The van der Waals surface area contributed by atoms with E-state index >= 15 is 0 Å². The van der Waals surface area contributed by atoms with Crippen LogP contribution in [0.2, 0.25) is 0 Å². The number of ether oxygens (including phenoxy) is 1. The van der Waals surface area contributed by atoms with Crippen LogP contribution in [-0.2, 0) is 12.7 Å². The van der Waals surface area contributed by atoms with Crippen molar-refractivity contribution < 1.29 is 22.3 Å². The number of furan rings is 1. The first-order valence-electron chi connectivity index (χ1n) is 11.2. The molecular formula is C28H24F3NO2. The number of nitrogens with zero attached hydrogens (tertiary/aromatic N) is 1. The molecule has 0 saturated carbocycles. The highest BCUT2D eigenvalue weighted by Gasteiger charge is 2.30. The standard InChI is InChI=1S/C28H24F3NO2/c1-33-25-11-10-22(18-32-14-12-20(13-15-32)19-6-3-2-4-7-19)24-17-26(34-27(24)25)21-8-5-9-23(16-21)28(29,30)31/h2-12,16-17H,13-15,18H2,1H3. The highest BCUT2D eigenvalue weighted by molar-refractivity contribution is 5.90. The zero-order chi connectivity index (χ0) is 23.7. The first-order chi connectivity index (χ1) is 16.4. The molecule has 1 aromatic heterocycles. The van der Waals surface area contributed by atoms with Gasteiger partial charge in [-0.05, 0) is 47.4 Å². The van der Waals surface area contributed by atoms with Crippen molar-refractivity contribution in [1.29, 1.82) is 0 Å². The molecule has 0 unspecified atom stereocenters. The van der Waals surface area contributed by atoms with Crippen LogP contribution < -0.4 is 4.74 Å². The molecule has 0 amide bonds. The topological polar surface area (TPSA) is 25.6 Å². The van der Waals surface area contributed by atoms with E-state index in [4.69, 9.17) is 9.15 Å². The van der Waals surface area contributed by atoms with E-state index in [0.29, 0.717) is 29.2 Å². The van der Waals surface area contributed by atoms with Gasteiger partial charge in [0.25, 0.3) is 0 Å². The molecule has 4 aromatic rings. The Morgan fingerprint density at radius 3 is 2.44 bits per heavy atom. The molecule has 0 aliphatic carbocycles. The average molecular weight is 463 g/mol. The summed E-state index contributed by atoms with van der Waals surface area (Å²) in [6.07, 6.45) is -1.18. The van der Waals surface area contributed by atoms with Gasteiger partial charge in [0.05, 0.1) is 12.7 Å². The predicted octanol–water partition coefficient (Wildman–Crippen LogP) is 7.42. The van der Waals surface area contributed by atoms with E-state index in [9.17, 15) is 13.2 Å². The lowest BCUT2D eigenvalue weighted by Gasteiger charge is -2.26. The molecule has 0 atom stereocenters. The minimum Gasteiger partial charge on any atom is -0.493 e. The first kappa shape index (κ1) is 22.3. The van der Waals surface area contributed by atoms with Gasteiger partial charge >= 0.3 is 6.18 Å². The Hall–Kier alpha value is -3.51. The predicted molar refractivity (Wildman–Crippen MR) is 128 cm³/mol. The maximum atomic E-state index is 13.2. The molecule has 1 aliphatic heterocycles. The molecule has 0 fully saturated rings. The van der Waals surface area contributed by atoms with E-state index in [1.807, 2.05) is 24.3 Å². The summed E-state index contributed by atoms with van der Waals surface area (Å²) >= 11 is 0. The fraction of sp³-hybridized carbons (Fsp3) is 0.214. The molecule has 0 radical (unpaired) electrons. The number of hydrogen-bond acceptors (Lipinski definition) is 3. The second-order valence-electron chi connectivity index (χ2n) is 8.44. The van der Waals surface area contributed by atoms with Gasteiger partial charge in [0.15, 0.2) is 11.3 Å². The third-order valence-corrected chi connectivity index (χ3v) is 6.26. The number of hydrogen-bond donors (Lipinski definition) is 0. The van der Waals surface area contributed by atoms with E-state index < -0.39 is 11.7 Å². The van der Waals surface area contributed by atoms with Gasteiger partial charge < -0.3 is 9.15 Å². The second kappa shape index (κ2) is 9.03. The van der Waals surface area contributed by atoms with Crippen LogP contribution in [0, 0.1) is 0 Å². The van der Waals surface area contributed by atoms with Gasteiger partial charge in [-0.15, -0.1) is 0 Å². The van der Waals surface area contributed by atoms with Crippen LogP contribution in [0.15, 0.2) is 83.3 Å². The third-order valence-electron chi connectivity index (χ3n) is 6.26. The Morgan fingerprint density at radius 1 is 0.941 bits per heavy atom. The van der Waals surface area contributed by atoms with E-state index in [2.05, 4.69) is 35.2 Å². The van der Waals surface area contributed by atoms with Crippen LogP contribution in [0.3, 0.4) is 0 Å². The molecule has 6 heteroatoms.